The fraction of sp³-hybridized carbons (Fsp3) is 0.0769. The summed E-state index contributed by atoms with van der Waals surface area (Å²) in [5.41, 5.74) is 3.43. The van der Waals surface area contributed by atoms with Gasteiger partial charge in [0.1, 0.15) is 0 Å². The minimum atomic E-state index is 0.0583. The number of rotatable bonds is 2. The number of pyridine rings is 1. The fourth-order valence-electron chi connectivity index (χ4n) is 1.89. The van der Waals surface area contributed by atoms with Gasteiger partial charge in [-0.1, -0.05) is 0 Å². The Kier molecular flexibility index (Phi) is 2.30. The number of aromatic nitrogens is 2. The summed E-state index contributed by atoms with van der Waals surface area (Å²) < 4.78 is 0. The smallest absolute Gasteiger partial charge is 0.196 e. The molecule has 0 aliphatic rings. The second-order valence-electron chi connectivity index (χ2n) is 3.92. The van der Waals surface area contributed by atoms with E-state index in [1.807, 2.05) is 23.8 Å². The van der Waals surface area contributed by atoms with E-state index in [-0.39, 0.29) is 5.78 Å². The number of nitrogens with zero attached hydrogens (tertiary/aromatic N) is 1. The number of carbonyl (C=O) groups excluding carboxylic acids is 1. The average Bonchev–Trinajstić information content (AvgIpc) is 2.94. The third kappa shape index (κ3) is 1.57. The van der Waals surface area contributed by atoms with Crippen LogP contribution in [0.25, 0.3) is 10.9 Å². The van der Waals surface area contributed by atoms with E-state index in [1.165, 1.54) is 0 Å². The number of thiophene rings is 1. The van der Waals surface area contributed by atoms with Gasteiger partial charge in [-0.15, -0.1) is 0 Å². The van der Waals surface area contributed by atoms with Crippen LogP contribution < -0.4 is 0 Å². The molecule has 0 unspecified atom stereocenters. The third-order valence-electron chi connectivity index (χ3n) is 2.83. The van der Waals surface area contributed by atoms with Gasteiger partial charge in [0.25, 0.3) is 0 Å². The number of fused-ring (bicyclic) bond motifs is 1. The highest BCUT2D eigenvalue weighted by Gasteiger charge is 2.16. The molecule has 0 fully saturated rings. The first-order valence-corrected chi connectivity index (χ1v) is 6.20. The number of hydrogen-bond acceptors (Lipinski definition) is 3. The van der Waals surface area contributed by atoms with Crippen LogP contribution in [0, 0.1) is 6.92 Å². The first kappa shape index (κ1) is 10.2. The van der Waals surface area contributed by atoms with E-state index >= 15 is 0 Å². The summed E-state index contributed by atoms with van der Waals surface area (Å²) in [5, 5.41) is 4.76. The van der Waals surface area contributed by atoms with Crippen molar-refractivity contribution < 1.29 is 4.79 Å². The van der Waals surface area contributed by atoms with Crippen molar-refractivity contribution >= 4 is 28.0 Å². The highest BCUT2D eigenvalue weighted by atomic mass is 32.1. The molecule has 0 bridgehead atoms. The number of nitrogens with one attached hydrogen (secondary N) is 1. The molecular formula is C13H10N2OS. The van der Waals surface area contributed by atoms with Crippen molar-refractivity contribution in [2.24, 2.45) is 0 Å². The Morgan fingerprint density at radius 2 is 2.24 bits per heavy atom. The van der Waals surface area contributed by atoms with Crippen LogP contribution in [-0.4, -0.2) is 15.8 Å². The highest BCUT2D eigenvalue weighted by molar-refractivity contribution is 7.08. The van der Waals surface area contributed by atoms with Crippen LogP contribution in [0.1, 0.15) is 21.5 Å². The zero-order valence-corrected chi connectivity index (χ0v) is 10.0. The summed E-state index contributed by atoms with van der Waals surface area (Å²) in [5.74, 6) is 0.0583. The second-order valence-corrected chi connectivity index (χ2v) is 4.66. The molecule has 0 saturated heterocycles. The predicted molar refractivity (Wildman–Crippen MR) is 68.6 cm³/mol. The average molecular weight is 242 g/mol. The number of aryl methyl sites for hydroxylation is 1. The second kappa shape index (κ2) is 3.82. The van der Waals surface area contributed by atoms with Gasteiger partial charge in [-0.2, -0.15) is 11.3 Å². The molecule has 17 heavy (non-hydrogen) atoms. The van der Waals surface area contributed by atoms with E-state index in [2.05, 4.69) is 9.97 Å². The summed E-state index contributed by atoms with van der Waals surface area (Å²) in [4.78, 5) is 19.5. The maximum absolute atomic E-state index is 12.4. The van der Waals surface area contributed by atoms with Gasteiger partial charge in [-0.25, -0.2) is 0 Å². The molecule has 4 heteroatoms. The fourth-order valence-corrected chi connectivity index (χ4v) is 2.72. The maximum Gasteiger partial charge on any atom is 0.196 e. The molecule has 0 radical (unpaired) electrons. The molecule has 0 aliphatic carbocycles. The van der Waals surface area contributed by atoms with Crippen LogP contribution in [-0.2, 0) is 0 Å². The van der Waals surface area contributed by atoms with Crippen LogP contribution in [0.5, 0.6) is 0 Å². The van der Waals surface area contributed by atoms with Crippen LogP contribution in [0.15, 0.2) is 35.4 Å². The normalized spacial score (nSPS) is 10.9. The molecule has 1 N–H and O–H groups in total. The van der Waals surface area contributed by atoms with E-state index in [0.717, 1.165) is 22.0 Å². The third-order valence-corrected chi connectivity index (χ3v) is 3.69. The summed E-state index contributed by atoms with van der Waals surface area (Å²) in [7, 11) is 0. The summed E-state index contributed by atoms with van der Waals surface area (Å²) >= 11 is 1.55. The first-order chi connectivity index (χ1) is 8.27. The zero-order chi connectivity index (χ0) is 11.8. The topological polar surface area (TPSA) is 45.8 Å². The highest BCUT2D eigenvalue weighted by Crippen LogP contribution is 2.23. The van der Waals surface area contributed by atoms with Gasteiger partial charge in [0.2, 0.25) is 0 Å². The molecule has 0 aromatic carbocycles. The van der Waals surface area contributed by atoms with Crippen LogP contribution in [0.4, 0.5) is 0 Å². The van der Waals surface area contributed by atoms with E-state index in [1.54, 1.807) is 29.9 Å². The molecule has 3 rings (SSSR count). The zero-order valence-electron chi connectivity index (χ0n) is 9.23. The van der Waals surface area contributed by atoms with Crippen molar-refractivity contribution in [3.8, 4) is 0 Å². The Bertz CT molecular complexity index is 696. The molecule has 84 valence electrons. The molecule has 3 aromatic heterocycles. The molecular weight excluding hydrogens is 232 g/mol. The molecule has 0 amide bonds. The Balaban J connectivity index is 2.17. The summed E-state index contributed by atoms with van der Waals surface area (Å²) in [6.45, 7) is 1.96. The van der Waals surface area contributed by atoms with Crippen LogP contribution in [0.2, 0.25) is 0 Å². The molecule has 0 aliphatic heterocycles. The standard InChI is InChI=1S/C13H10N2OS/c1-8-6-17-7-11(8)13(16)10-5-15-12-2-3-14-4-9(10)12/h2-7,15H,1H3. The Morgan fingerprint density at radius 3 is 3.00 bits per heavy atom. The van der Waals surface area contributed by atoms with Gasteiger partial charge >= 0.3 is 0 Å². The van der Waals surface area contributed by atoms with E-state index in [4.69, 9.17) is 0 Å². The SMILES string of the molecule is Cc1cscc1C(=O)c1c[nH]c2ccncc12. The summed E-state index contributed by atoms with van der Waals surface area (Å²) in [6, 6.07) is 1.87. The van der Waals surface area contributed by atoms with Crippen molar-refractivity contribution in [1.29, 1.82) is 0 Å². The van der Waals surface area contributed by atoms with Gasteiger partial charge in [-0.3, -0.25) is 9.78 Å². The lowest BCUT2D eigenvalue weighted by atomic mass is 10.0. The monoisotopic (exact) mass is 242 g/mol. The van der Waals surface area contributed by atoms with Crippen LogP contribution >= 0.6 is 11.3 Å². The van der Waals surface area contributed by atoms with E-state index in [9.17, 15) is 4.79 Å². The van der Waals surface area contributed by atoms with Crippen molar-refractivity contribution in [2.75, 3.05) is 0 Å². The van der Waals surface area contributed by atoms with Gasteiger partial charge in [-0.05, 0) is 23.9 Å². The largest absolute Gasteiger partial charge is 0.360 e. The minimum Gasteiger partial charge on any atom is -0.360 e. The molecule has 3 heterocycles. The number of aromatic amines is 1. The lowest BCUT2D eigenvalue weighted by molar-refractivity contribution is 0.104. The first-order valence-electron chi connectivity index (χ1n) is 5.26. The molecule has 0 spiro atoms. The maximum atomic E-state index is 12.4. The number of hydrogen-bond donors (Lipinski definition) is 1. The number of H-pyrrole nitrogens is 1. The van der Waals surface area contributed by atoms with Crippen LogP contribution in [0.3, 0.4) is 0 Å². The lowest BCUT2D eigenvalue weighted by Gasteiger charge is -1.97. The predicted octanol–water partition coefficient (Wildman–Crippen LogP) is 3.16. The Labute approximate surface area is 102 Å². The molecule has 0 saturated carbocycles. The Morgan fingerprint density at radius 1 is 1.35 bits per heavy atom. The lowest BCUT2D eigenvalue weighted by Crippen LogP contribution is -2.00. The summed E-state index contributed by atoms with van der Waals surface area (Å²) in [6.07, 6.45) is 5.19. The number of ketones is 1. The van der Waals surface area contributed by atoms with Crippen molar-refractivity contribution in [1.82, 2.24) is 9.97 Å². The van der Waals surface area contributed by atoms with Gasteiger partial charge < -0.3 is 4.98 Å². The van der Waals surface area contributed by atoms with Gasteiger partial charge in [0.15, 0.2) is 5.78 Å². The molecule has 3 nitrogen and oxygen atoms in total. The van der Waals surface area contributed by atoms with Gasteiger partial charge in [0.05, 0.1) is 0 Å². The van der Waals surface area contributed by atoms with Gasteiger partial charge in [0, 0.05) is 46.0 Å². The number of carbonyl (C=O) groups is 1. The van der Waals surface area contributed by atoms with Crippen molar-refractivity contribution in [2.45, 2.75) is 6.92 Å². The molecule has 0 atom stereocenters. The Hall–Kier alpha value is -1.94. The molecule has 3 aromatic rings. The van der Waals surface area contributed by atoms with Crippen molar-refractivity contribution in [3.05, 3.63) is 52.1 Å². The minimum absolute atomic E-state index is 0.0583. The quantitative estimate of drug-likeness (QED) is 0.701. The van der Waals surface area contributed by atoms with E-state index in [0.29, 0.717) is 5.56 Å². The van der Waals surface area contributed by atoms with Crippen molar-refractivity contribution in [3.63, 3.8) is 0 Å². The van der Waals surface area contributed by atoms with E-state index < -0.39 is 0 Å².